The number of nitrogens with two attached hydrogens (primary N) is 1. The number of carbonyl (C=O) groups excluding carboxylic acids is 1. The van der Waals surface area contributed by atoms with Crippen LogP contribution >= 0.6 is 0 Å². The van der Waals surface area contributed by atoms with Crippen molar-refractivity contribution < 1.29 is 4.79 Å². The maximum Gasteiger partial charge on any atom is 0.225 e. The molecule has 4 unspecified atom stereocenters. The van der Waals surface area contributed by atoms with E-state index in [1.165, 1.54) is 0 Å². The van der Waals surface area contributed by atoms with Crippen molar-refractivity contribution in [2.24, 2.45) is 23.0 Å². The quantitative estimate of drug-likeness (QED) is 0.823. The zero-order valence-electron chi connectivity index (χ0n) is 12.9. The Morgan fingerprint density at radius 3 is 2.33 bits per heavy atom. The Labute approximate surface area is 112 Å². The van der Waals surface area contributed by atoms with Crippen LogP contribution in [0, 0.1) is 17.3 Å². The van der Waals surface area contributed by atoms with Gasteiger partial charge in [0.25, 0.3) is 0 Å². The van der Waals surface area contributed by atoms with Crippen molar-refractivity contribution in [3.8, 4) is 0 Å². The molecule has 3 heteroatoms. The number of nitrogens with zero attached hydrogens (tertiary/aromatic N) is 1. The van der Waals surface area contributed by atoms with Crippen molar-refractivity contribution in [3.05, 3.63) is 0 Å². The Morgan fingerprint density at radius 1 is 1.33 bits per heavy atom. The Morgan fingerprint density at radius 2 is 1.89 bits per heavy atom. The van der Waals surface area contributed by atoms with Crippen LogP contribution in [0.25, 0.3) is 0 Å². The summed E-state index contributed by atoms with van der Waals surface area (Å²) in [6, 6.07) is 0.537. The van der Waals surface area contributed by atoms with Gasteiger partial charge in [-0.2, -0.15) is 0 Å². The average Bonchev–Trinajstić information content (AvgIpc) is 2.28. The van der Waals surface area contributed by atoms with Gasteiger partial charge in [-0.1, -0.05) is 27.7 Å². The van der Waals surface area contributed by atoms with Gasteiger partial charge in [-0.15, -0.1) is 0 Å². The fourth-order valence-corrected chi connectivity index (χ4v) is 2.70. The van der Waals surface area contributed by atoms with Gasteiger partial charge in [0.15, 0.2) is 0 Å². The van der Waals surface area contributed by atoms with E-state index in [1.54, 1.807) is 0 Å². The molecule has 0 aromatic rings. The van der Waals surface area contributed by atoms with Gasteiger partial charge in [0.2, 0.25) is 5.91 Å². The molecule has 3 nitrogen and oxygen atoms in total. The highest BCUT2D eigenvalue weighted by atomic mass is 16.2. The molecule has 0 spiro atoms. The van der Waals surface area contributed by atoms with E-state index in [0.717, 1.165) is 19.3 Å². The lowest BCUT2D eigenvalue weighted by Crippen LogP contribution is -2.47. The molecule has 0 heterocycles. The zero-order valence-corrected chi connectivity index (χ0v) is 12.9. The molecule has 18 heavy (non-hydrogen) atoms. The van der Waals surface area contributed by atoms with Gasteiger partial charge in [0.05, 0.1) is 0 Å². The molecule has 0 aliphatic heterocycles. The molecule has 1 amide bonds. The van der Waals surface area contributed by atoms with E-state index >= 15 is 0 Å². The Hall–Kier alpha value is -0.570. The summed E-state index contributed by atoms with van der Waals surface area (Å²) >= 11 is 0. The third-order valence-electron chi connectivity index (χ3n) is 4.77. The predicted molar refractivity (Wildman–Crippen MR) is 76.2 cm³/mol. The molecule has 0 aromatic heterocycles. The van der Waals surface area contributed by atoms with Crippen LogP contribution in [0.3, 0.4) is 0 Å². The summed E-state index contributed by atoms with van der Waals surface area (Å²) in [6.07, 6.45) is 2.88. The standard InChI is InChI=1S/C15H30N2O/c1-10-9-12(7-8-13(10)16)14(18)17(6)11(2)15(3,4)5/h10-13H,7-9,16H2,1-6H3. The first-order valence-corrected chi connectivity index (χ1v) is 7.16. The molecular weight excluding hydrogens is 224 g/mol. The summed E-state index contributed by atoms with van der Waals surface area (Å²) in [5, 5.41) is 0. The van der Waals surface area contributed by atoms with E-state index in [-0.39, 0.29) is 23.4 Å². The summed E-state index contributed by atoms with van der Waals surface area (Å²) in [5.74, 6) is 0.941. The van der Waals surface area contributed by atoms with Crippen molar-refractivity contribution in [3.63, 3.8) is 0 Å². The van der Waals surface area contributed by atoms with Gasteiger partial charge in [0.1, 0.15) is 0 Å². The van der Waals surface area contributed by atoms with Gasteiger partial charge in [-0.3, -0.25) is 4.79 Å². The second-order valence-electron chi connectivity index (χ2n) is 7.14. The molecule has 106 valence electrons. The first kappa shape index (κ1) is 15.5. The normalized spacial score (nSPS) is 30.9. The molecule has 1 rings (SSSR count). The summed E-state index contributed by atoms with van der Waals surface area (Å²) in [4.78, 5) is 14.5. The van der Waals surface area contributed by atoms with Crippen molar-refractivity contribution in [1.29, 1.82) is 0 Å². The summed E-state index contributed by atoms with van der Waals surface area (Å²) in [5.41, 5.74) is 6.15. The largest absolute Gasteiger partial charge is 0.342 e. The molecule has 1 aliphatic rings. The Balaban J connectivity index is 2.65. The van der Waals surface area contributed by atoms with Crippen molar-refractivity contribution in [1.82, 2.24) is 4.90 Å². The molecule has 0 saturated heterocycles. The fourth-order valence-electron chi connectivity index (χ4n) is 2.70. The Bertz CT molecular complexity index is 295. The molecule has 1 fully saturated rings. The molecule has 2 N–H and O–H groups in total. The number of rotatable bonds is 2. The average molecular weight is 254 g/mol. The zero-order chi connectivity index (χ0) is 14.1. The van der Waals surface area contributed by atoms with E-state index < -0.39 is 0 Å². The van der Waals surface area contributed by atoms with E-state index in [9.17, 15) is 4.79 Å². The van der Waals surface area contributed by atoms with Gasteiger partial charge < -0.3 is 10.6 Å². The number of carbonyl (C=O) groups is 1. The molecule has 1 aliphatic carbocycles. The molecule has 1 saturated carbocycles. The second-order valence-corrected chi connectivity index (χ2v) is 7.14. The molecule has 4 atom stereocenters. The Kier molecular flexibility index (Phi) is 4.82. The highest BCUT2D eigenvalue weighted by molar-refractivity contribution is 5.79. The maximum atomic E-state index is 12.5. The van der Waals surface area contributed by atoms with Crippen LogP contribution in [-0.4, -0.2) is 29.9 Å². The third kappa shape index (κ3) is 3.47. The smallest absolute Gasteiger partial charge is 0.225 e. The lowest BCUT2D eigenvalue weighted by Gasteiger charge is -2.39. The van der Waals surface area contributed by atoms with Crippen LogP contribution in [0.5, 0.6) is 0 Å². The van der Waals surface area contributed by atoms with E-state index in [2.05, 4.69) is 34.6 Å². The van der Waals surface area contributed by atoms with Gasteiger partial charge in [-0.05, 0) is 37.5 Å². The molecule has 0 bridgehead atoms. The van der Waals surface area contributed by atoms with Gasteiger partial charge in [-0.25, -0.2) is 0 Å². The van der Waals surface area contributed by atoms with Crippen LogP contribution in [-0.2, 0) is 4.79 Å². The fraction of sp³-hybridized carbons (Fsp3) is 0.933. The number of hydrogen-bond donors (Lipinski definition) is 1. The molecule has 0 radical (unpaired) electrons. The number of hydrogen-bond acceptors (Lipinski definition) is 2. The minimum Gasteiger partial charge on any atom is -0.342 e. The topological polar surface area (TPSA) is 46.3 Å². The number of amides is 1. The van der Waals surface area contributed by atoms with E-state index in [0.29, 0.717) is 11.8 Å². The highest BCUT2D eigenvalue weighted by Crippen LogP contribution is 2.31. The van der Waals surface area contributed by atoms with Crippen LogP contribution in [0.4, 0.5) is 0 Å². The summed E-state index contributed by atoms with van der Waals surface area (Å²) < 4.78 is 0. The highest BCUT2D eigenvalue weighted by Gasteiger charge is 2.34. The molecular formula is C15H30N2O. The minimum absolute atomic E-state index is 0.126. The summed E-state index contributed by atoms with van der Waals surface area (Å²) in [6.45, 7) is 10.8. The summed E-state index contributed by atoms with van der Waals surface area (Å²) in [7, 11) is 1.94. The lowest BCUT2D eigenvalue weighted by atomic mass is 9.78. The third-order valence-corrected chi connectivity index (χ3v) is 4.77. The second kappa shape index (κ2) is 5.60. The lowest BCUT2D eigenvalue weighted by molar-refractivity contribution is -0.139. The van der Waals surface area contributed by atoms with Crippen molar-refractivity contribution in [2.45, 2.75) is 66.0 Å². The maximum absolute atomic E-state index is 12.5. The monoisotopic (exact) mass is 254 g/mol. The van der Waals surface area contributed by atoms with Crippen LogP contribution < -0.4 is 5.73 Å². The first-order valence-electron chi connectivity index (χ1n) is 7.16. The van der Waals surface area contributed by atoms with Crippen LogP contribution in [0.1, 0.15) is 53.9 Å². The van der Waals surface area contributed by atoms with E-state index in [1.807, 2.05) is 11.9 Å². The van der Waals surface area contributed by atoms with E-state index in [4.69, 9.17) is 5.73 Å². The van der Waals surface area contributed by atoms with Crippen molar-refractivity contribution in [2.75, 3.05) is 7.05 Å². The molecule has 0 aromatic carbocycles. The first-order chi connectivity index (χ1) is 8.14. The predicted octanol–water partition coefficient (Wildman–Crippen LogP) is 2.64. The SMILES string of the molecule is CC1CC(C(=O)N(C)C(C)C(C)(C)C)CCC1N. The van der Waals surface area contributed by atoms with Crippen LogP contribution in [0.15, 0.2) is 0 Å². The van der Waals surface area contributed by atoms with Crippen molar-refractivity contribution >= 4 is 5.91 Å². The van der Waals surface area contributed by atoms with Crippen LogP contribution in [0.2, 0.25) is 0 Å². The minimum atomic E-state index is 0.126. The van der Waals surface area contributed by atoms with Gasteiger partial charge >= 0.3 is 0 Å². The van der Waals surface area contributed by atoms with Gasteiger partial charge in [0, 0.05) is 25.0 Å².